The van der Waals surface area contributed by atoms with E-state index in [4.69, 9.17) is 5.73 Å². The molecular weight excluding hydrogens is 282 g/mol. The number of fused-ring (bicyclic) bond motifs is 1. The van der Waals surface area contributed by atoms with Crippen molar-refractivity contribution in [2.75, 3.05) is 12.3 Å². The van der Waals surface area contributed by atoms with Gasteiger partial charge in [0, 0.05) is 22.7 Å². The van der Waals surface area contributed by atoms with Crippen LogP contribution in [-0.4, -0.2) is 57.0 Å². The third kappa shape index (κ3) is 2.36. The second-order valence-corrected chi connectivity index (χ2v) is 5.72. The highest BCUT2D eigenvalue weighted by molar-refractivity contribution is 8.03. The molecule has 0 aromatic rings. The van der Waals surface area contributed by atoms with Crippen LogP contribution in [0.1, 0.15) is 13.3 Å². The topological polar surface area (TPSA) is 119 Å². The van der Waals surface area contributed by atoms with Gasteiger partial charge in [-0.25, -0.2) is 4.79 Å². The fourth-order valence-electron chi connectivity index (χ4n) is 2.49. The molecule has 20 heavy (non-hydrogen) atoms. The summed E-state index contributed by atoms with van der Waals surface area (Å²) in [6.07, 6.45) is 0.925. The lowest BCUT2D eigenvalue weighted by Gasteiger charge is -2.40. The van der Waals surface area contributed by atoms with E-state index in [-0.39, 0.29) is 17.6 Å². The van der Waals surface area contributed by atoms with E-state index in [9.17, 15) is 20.1 Å². The zero-order valence-corrected chi connectivity index (χ0v) is 11.8. The van der Waals surface area contributed by atoms with Gasteiger partial charge in [-0.15, -0.1) is 11.8 Å². The van der Waals surface area contributed by atoms with E-state index in [1.54, 1.807) is 6.92 Å². The Balaban J connectivity index is 2.14. The van der Waals surface area contributed by atoms with Gasteiger partial charge < -0.3 is 21.1 Å². The van der Waals surface area contributed by atoms with Crippen molar-refractivity contribution in [1.29, 1.82) is 0 Å². The van der Waals surface area contributed by atoms with Crippen molar-refractivity contribution >= 4 is 24.1 Å². The Kier molecular flexibility index (Phi) is 4.24. The third-order valence-corrected chi connectivity index (χ3v) is 4.39. The number of aliphatic hydroxyl groups excluding tert-OH is 2. The van der Waals surface area contributed by atoms with Gasteiger partial charge in [-0.05, 0) is 6.92 Å². The monoisotopic (exact) mass is 299 g/mol. The molecule has 2 heterocycles. The summed E-state index contributed by atoms with van der Waals surface area (Å²) in [7, 11) is 0. The Morgan fingerprint density at radius 1 is 1.70 bits per heavy atom. The van der Waals surface area contributed by atoms with Crippen molar-refractivity contribution < 1.29 is 20.1 Å². The molecule has 0 bridgehead atoms. The number of carbonyl (C=O) groups is 1. The van der Waals surface area contributed by atoms with Gasteiger partial charge in [-0.2, -0.15) is 0 Å². The average Bonchev–Trinajstić information content (AvgIpc) is 2.69. The van der Waals surface area contributed by atoms with Gasteiger partial charge in [-0.1, -0.05) is 0 Å². The minimum Gasteiger partial charge on any atom is -0.494 e. The van der Waals surface area contributed by atoms with Gasteiger partial charge in [0.15, 0.2) is 5.88 Å². The summed E-state index contributed by atoms with van der Waals surface area (Å²) in [4.78, 5) is 17.3. The molecule has 2 rings (SSSR count). The predicted molar refractivity (Wildman–Crippen MR) is 76.2 cm³/mol. The molecule has 2 atom stereocenters. The second kappa shape index (κ2) is 5.76. The Morgan fingerprint density at radius 3 is 2.95 bits per heavy atom. The summed E-state index contributed by atoms with van der Waals surface area (Å²) in [5.74, 6) is -0.600. The first-order valence-corrected chi connectivity index (χ1v) is 7.17. The minimum absolute atomic E-state index is 0.0960. The van der Waals surface area contributed by atoms with Crippen LogP contribution in [0, 0.1) is 0 Å². The van der Waals surface area contributed by atoms with E-state index in [1.807, 2.05) is 0 Å². The molecule has 2 unspecified atom stereocenters. The minimum atomic E-state index is -1.08. The zero-order valence-electron chi connectivity index (χ0n) is 11.0. The summed E-state index contributed by atoms with van der Waals surface area (Å²) < 4.78 is 0. The first-order valence-electron chi connectivity index (χ1n) is 6.18. The second-order valence-electron chi connectivity index (χ2n) is 4.53. The molecule has 0 radical (unpaired) electrons. The summed E-state index contributed by atoms with van der Waals surface area (Å²) in [5.41, 5.74) is 5.73. The molecule has 2 aliphatic heterocycles. The largest absolute Gasteiger partial charge is 0.494 e. The van der Waals surface area contributed by atoms with E-state index >= 15 is 0 Å². The van der Waals surface area contributed by atoms with Gasteiger partial charge in [0.2, 0.25) is 0 Å². The van der Waals surface area contributed by atoms with Crippen LogP contribution in [0.15, 0.2) is 27.1 Å². The lowest BCUT2D eigenvalue weighted by Crippen LogP contribution is -2.46. The van der Waals surface area contributed by atoms with Crippen molar-refractivity contribution in [3.05, 3.63) is 22.1 Å². The van der Waals surface area contributed by atoms with Crippen LogP contribution in [0.25, 0.3) is 0 Å². The molecule has 2 aliphatic rings. The van der Waals surface area contributed by atoms with Gasteiger partial charge >= 0.3 is 5.97 Å². The number of aliphatic imine (C=N–C) groups is 1. The van der Waals surface area contributed by atoms with Gasteiger partial charge in [-0.3, -0.25) is 9.89 Å². The highest BCUT2D eigenvalue weighted by Crippen LogP contribution is 2.48. The maximum absolute atomic E-state index is 11.4. The number of rotatable bonds is 6. The number of nitrogens with two attached hydrogens (primary N) is 1. The first-order chi connectivity index (χ1) is 9.49. The first kappa shape index (κ1) is 14.7. The van der Waals surface area contributed by atoms with E-state index < -0.39 is 12.1 Å². The number of hydrogen-bond acceptors (Lipinski definition) is 6. The maximum Gasteiger partial charge on any atom is 0.353 e. The van der Waals surface area contributed by atoms with Crippen molar-refractivity contribution in [1.82, 2.24) is 4.90 Å². The van der Waals surface area contributed by atoms with E-state index in [2.05, 4.69) is 4.99 Å². The van der Waals surface area contributed by atoms with Crippen LogP contribution in [0.4, 0.5) is 0 Å². The quantitative estimate of drug-likeness (QED) is 0.315. The summed E-state index contributed by atoms with van der Waals surface area (Å²) in [6.45, 7) is 2.06. The molecule has 0 fully saturated rings. The standard InChI is InChI=1S/C12H17N3O4S/c1-6(16)9-7-4-8(20-3-2-14-5-13)10(12(18)19)15(7)11(9)17/h5-7,16-17H,2-4H2,1H3,(H2,13,14)(H,18,19). The van der Waals surface area contributed by atoms with E-state index in [0.717, 1.165) is 0 Å². The Hall–Kier alpha value is -1.67. The van der Waals surface area contributed by atoms with Gasteiger partial charge in [0.25, 0.3) is 0 Å². The number of nitrogens with zero attached hydrogens (tertiary/aromatic N) is 2. The molecule has 0 saturated carbocycles. The number of aliphatic hydroxyl groups is 2. The highest BCUT2D eigenvalue weighted by atomic mass is 32.2. The summed E-state index contributed by atoms with van der Waals surface area (Å²) >= 11 is 1.39. The zero-order chi connectivity index (χ0) is 14.9. The third-order valence-electron chi connectivity index (χ3n) is 3.30. The van der Waals surface area contributed by atoms with Crippen LogP contribution < -0.4 is 5.73 Å². The molecule has 0 amide bonds. The summed E-state index contributed by atoms with van der Waals surface area (Å²) in [5, 5.41) is 28.8. The van der Waals surface area contributed by atoms with Gasteiger partial charge in [0.05, 0.1) is 25.0 Å². The van der Waals surface area contributed by atoms with Crippen LogP contribution in [-0.2, 0) is 4.79 Å². The molecule has 7 nitrogen and oxygen atoms in total. The van der Waals surface area contributed by atoms with E-state index in [0.29, 0.717) is 29.2 Å². The normalized spacial score (nSPS) is 23.3. The molecule has 0 spiro atoms. The molecule has 110 valence electrons. The lowest BCUT2D eigenvalue weighted by atomic mass is 9.94. The van der Waals surface area contributed by atoms with Crippen molar-refractivity contribution in [3.63, 3.8) is 0 Å². The van der Waals surface area contributed by atoms with Gasteiger partial charge in [0.1, 0.15) is 5.70 Å². The number of thioether (sulfide) groups is 1. The molecule has 0 aromatic heterocycles. The average molecular weight is 299 g/mol. The lowest BCUT2D eigenvalue weighted by molar-refractivity contribution is -0.134. The molecule has 5 N–H and O–H groups in total. The van der Waals surface area contributed by atoms with E-state index in [1.165, 1.54) is 23.0 Å². The summed E-state index contributed by atoms with van der Waals surface area (Å²) in [6, 6.07) is -0.249. The van der Waals surface area contributed by atoms with Crippen molar-refractivity contribution in [2.24, 2.45) is 10.7 Å². The molecule has 0 aromatic carbocycles. The van der Waals surface area contributed by atoms with Crippen LogP contribution >= 0.6 is 11.8 Å². The Labute approximate surface area is 120 Å². The smallest absolute Gasteiger partial charge is 0.353 e. The highest BCUT2D eigenvalue weighted by Gasteiger charge is 2.49. The number of aliphatic carboxylic acids is 1. The molecule has 8 heteroatoms. The predicted octanol–water partition coefficient (Wildman–Crippen LogP) is 0.241. The maximum atomic E-state index is 11.4. The number of carboxylic acids is 1. The Bertz CT molecular complexity index is 513. The van der Waals surface area contributed by atoms with Crippen molar-refractivity contribution in [2.45, 2.75) is 25.5 Å². The van der Waals surface area contributed by atoms with Crippen molar-refractivity contribution in [3.8, 4) is 0 Å². The van der Waals surface area contributed by atoms with Crippen LogP contribution in [0.3, 0.4) is 0 Å². The number of carboxylic acid groups (broad SMARTS) is 1. The van der Waals surface area contributed by atoms with Crippen LogP contribution in [0.2, 0.25) is 0 Å². The Morgan fingerprint density at radius 2 is 2.40 bits per heavy atom. The molecular formula is C12H17N3O4S. The van der Waals surface area contributed by atoms with Crippen LogP contribution in [0.5, 0.6) is 0 Å². The SMILES string of the molecule is CC(O)C1=C(O)N2C(C(=O)O)=C(SCCN=CN)CC12. The molecule has 0 aliphatic carbocycles. The fourth-order valence-corrected chi connectivity index (χ4v) is 3.53. The fraction of sp³-hybridized carbons (Fsp3) is 0.500. The number of hydrogen-bond donors (Lipinski definition) is 4. The molecule has 0 saturated heterocycles.